The van der Waals surface area contributed by atoms with Crippen molar-refractivity contribution in [1.82, 2.24) is 0 Å². The Morgan fingerprint density at radius 2 is 1.82 bits per heavy atom. The van der Waals surface area contributed by atoms with Crippen LogP contribution in [0.5, 0.6) is 0 Å². The van der Waals surface area contributed by atoms with E-state index >= 15 is 0 Å². The third-order valence-corrected chi connectivity index (χ3v) is 2.64. The van der Waals surface area contributed by atoms with E-state index in [-0.39, 0.29) is 5.41 Å². The summed E-state index contributed by atoms with van der Waals surface area (Å²) < 4.78 is 0. The summed E-state index contributed by atoms with van der Waals surface area (Å²) in [7, 11) is 0. The van der Waals surface area contributed by atoms with Crippen LogP contribution in [0.1, 0.15) is 20.8 Å². The van der Waals surface area contributed by atoms with Crippen LogP contribution in [0.25, 0.3) is 0 Å². The summed E-state index contributed by atoms with van der Waals surface area (Å²) in [5.74, 6) is 0.365. The molecule has 0 aliphatic heterocycles. The van der Waals surface area contributed by atoms with Crippen molar-refractivity contribution in [2.75, 3.05) is 0 Å². The van der Waals surface area contributed by atoms with Crippen LogP contribution in [0.15, 0.2) is 60.1 Å². The van der Waals surface area contributed by atoms with Gasteiger partial charge in [-0.15, -0.1) is 6.58 Å². The van der Waals surface area contributed by atoms with Gasteiger partial charge in [-0.3, -0.25) is 4.99 Å². The second kappa shape index (κ2) is 6.19. The Kier molecular flexibility index (Phi) is 4.89. The fourth-order valence-electron chi connectivity index (χ4n) is 1.53. The summed E-state index contributed by atoms with van der Waals surface area (Å²) in [6, 6.07) is 9.93. The molecule has 0 spiro atoms. The lowest BCUT2D eigenvalue weighted by molar-refractivity contribution is 0.344. The van der Waals surface area contributed by atoms with Gasteiger partial charge in [0.15, 0.2) is 0 Å². The summed E-state index contributed by atoms with van der Waals surface area (Å²) >= 11 is 0. The van der Waals surface area contributed by atoms with Gasteiger partial charge >= 0.3 is 0 Å². The van der Waals surface area contributed by atoms with Gasteiger partial charge in [0.2, 0.25) is 0 Å². The lowest BCUT2D eigenvalue weighted by atomic mass is 9.81. The van der Waals surface area contributed by atoms with Crippen LogP contribution in [0.2, 0.25) is 0 Å². The molecular weight excluding hydrogens is 206 g/mol. The third-order valence-electron chi connectivity index (χ3n) is 2.64. The van der Waals surface area contributed by atoms with Gasteiger partial charge in [-0.05, 0) is 29.5 Å². The summed E-state index contributed by atoms with van der Waals surface area (Å²) in [4.78, 5) is 4.35. The number of hydrogen-bond acceptors (Lipinski definition) is 1. The topological polar surface area (TPSA) is 12.4 Å². The highest BCUT2D eigenvalue weighted by molar-refractivity contribution is 5.74. The van der Waals surface area contributed by atoms with Crippen LogP contribution in [0.4, 0.5) is 5.69 Å². The molecule has 17 heavy (non-hydrogen) atoms. The lowest BCUT2D eigenvalue weighted by Crippen LogP contribution is -2.15. The van der Waals surface area contributed by atoms with Crippen molar-refractivity contribution in [3.8, 4) is 0 Å². The van der Waals surface area contributed by atoms with Crippen molar-refractivity contribution >= 4 is 11.9 Å². The third kappa shape index (κ3) is 4.81. The maximum atomic E-state index is 4.35. The number of rotatable bonds is 4. The Morgan fingerprint density at radius 1 is 1.18 bits per heavy atom. The maximum Gasteiger partial charge on any atom is 0.0629 e. The van der Waals surface area contributed by atoms with E-state index in [1.54, 1.807) is 0 Å². The second-order valence-corrected chi connectivity index (χ2v) is 5.13. The van der Waals surface area contributed by atoms with Gasteiger partial charge in [0.05, 0.1) is 5.69 Å². The van der Waals surface area contributed by atoms with Gasteiger partial charge in [-0.2, -0.15) is 0 Å². The second-order valence-electron chi connectivity index (χ2n) is 5.13. The van der Waals surface area contributed by atoms with Crippen molar-refractivity contribution in [2.45, 2.75) is 20.8 Å². The van der Waals surface area contributed by atoms with E-state index in [1.165, 1.54) is 0 Å². The quantitative estimate of drug-likeness (QED) is 0.518. The number of aliphatic imine (C=N–C) groups is 1. The van der Waals surface area contributed by atoms with E-state index in [4.69, 9.17) is 0 Å². The number of nitrogens with zero attached hydrogens (tertiary/aromatic N) is 1. The van der Waals surface area contributed by atoms with Crippen LogP contribution in [-0.4, -0.2) is 6.21 Å². The predicted octanol–water partition coefficient (Wildman–Crippen LogP) is 4.79. The molecule has 1 unspecified atom stereocenters. The van der Waals surface area contributed by atoms with Crippen LogP contribution in [0, 0.1) is 11.3 Å². The molecule has 0 aliphatic rings. The van der Waals surface area contributed by atoms with Gasteiger partial charge < -0.3 is 0 Å². The molecule has 1 aromatic carbocycles. The monoisotopic (exact) mass is 227 g/mol. The number of benzene rings is 1. The predicted molar refractivity (Wildman–Crippen MR) is 76.9 cm³/mol. The highest BCUT2D eigenvalue weighted by atomic mass is 14.7. The Balaban J connectivity index is 2.61. The minimum atomic E-state index is 0.207. The highest BCUT2D eigenvalue weighted by Gasteiger charge is 2.18. The van der Waals surface area contributed by atoms with Gasteiger partial charge in [0.25, 0.3) is 0 Å². The molecule has 1 rings (SSSR count). The molecule has 1 nitrogen and oxygen atoms in total. The molecule has 90 valence electrons. The zero-order valence-electron chi connectivity index (χ0n) is 10.9. The molecule has 1 aromatic rings. The normalized spacial score (nSPS) is 14.3. The van der Waals surface area contributed by atoms with Crippen LogP contribution in [-0.2, 0) is 0 Å². The molecule has 1 heteroatoms. The summed E-state index contributed by atoms with van der Waals surface area (Å²) in [5, 5.41) is 0. The van der Waals surface area contributed by atoms with Crippen molar-refractivity contribution in [2.24, 2.45) is 16.3 Å². The number of hydrogen-bond donors (Lipinski definition) is 0. The first-order chi connectivity index (χ1) is 8.04. The molecule has 0 N–H and O–H groups in total. The number of para-hydroxylation sites is 1. The first-order valence-electron chi connectivity index (χ1n) is 5.92. The zero-order chi connectivity index (χ0) is 12.7. The van der Waals surface area contributed by atoms with Crippen molar-refractivity contribution in [3.05, 3.63) is 55.1 Å². The molecule has 1 atom stereocenters. The van der Waals surface area contributed by atoms with Crippen molar-refractivity contribution in [3.63, 3.8) is 0 Å². The standard InChI is InChI=1S/C16H21N/c1-5-14(16(2,3)4)10-9-13-17-15-11-7-6-8-12-15/h5-14H,1H2,2-4H3/b10-9-,17-13?. The van der Waals surface area contributed by atoms with Crippen LogP contribution in [0.3, 0.4) is 0 Å². The average molecular weight is 227 g/mol. The first-order valence-corrected chi connectivity index (χ1v) is 5.92. The fraction of sp³-hybridized carbons (Fsp3) is 0.312. The summed E-state index contributed by atoms with van der Waals surface area (Å²) in [6.45, 7) is 10.5. The Morgan fingerprint density at radius 3 is 2.35 bits per heavy atom. The highest BCUT2D eigenvalue weighted by Crippen LogP contribution is 2.27. The van der Waals surface area contributed by atoms with Gasteiger partial charge in [-0.25, -0.2) is 0 Å². The molecule has 0 amide bonds. The minimum Gasteiger partial charge on any atom is -0.257 e. The van der Waals surface area contributed by atoms with Crippen LogP contribution < -0.4 is 0 Å². The van der Waals surface area contributed by atoms with E-state index < -0.39 is 0 Å². The van der Waals surface area contributed by atoms with E-state index in [2.05, 4.69) is 38.4 Å². The summed E-state index contributed by atoms with van der Waals surface area (Å²) in [5.41, 5.74) is 1.18. The van der Waals surface area contributed by atoms with Gasteiger partial charge in [-0.1, -0.05) is 51.1 Å². The van der Waals surface area contributed by atoms with E-state index in [0.717, 1.165) is 5.69 Å². The fourth-order valence-corrected chi connectivity index (χ4v) is 1.53. The van der Waals surface area contributed by atoms with Crippen molar-refractivity contribution in [1.29, 1.82) is 0 Å². The van der Waals surface area contributed by atoms with E-state index in [1.807, 2.05) is 48.7 Å². The van der Waals surface area contributed by atoms with Gasteiger partial charge in [0.1, 0.15) is 0 Å². The first kappa shape index (κ1) is 13.4. The average Bonchev–Trinajstić information content (AvgIpc) is 2.28. The molecule has 0 fully saturated rings. The molecule has 0 aliphatic carbocycles. The minimum absolute atomic E-state index is 0.207. The lowest BCUT2D eigenvalue weighted by Gasteiger charge is -2.24. The SMILES string of the molecule is C=CC(/C=C\C=Nc1ccccc1)C(C)(C)C. The Bertz CT molecular complexity index is 393. The van der Waals surface area contributed by atoms with Gasteiger partial charge in [0, 0.05) is 6.21 Å². The van der Waals surface area contributed by atoms with Crippen molar-refractivity contribution < 1.29 is 0 Å². The smallest absolute Gasteiger partial charge is 0.0629 e. The molecule has 0 bridgehead atoms. The molecular formula is C16H21N. The zero-order valence-corrected chi connectivity index (χ0v) is 10.9. The summed E-state index contributed by atoms with van der Waals surface area (Å²) in [6.07, 6.45) is 7.94. The number of allylic oxidation sites excluding steroid dienone is 3. The van der Waals surface area contributed by atoms with E-state index in [0.29, 0.717) is 5.92 Å². The van der Waals surface area contributed by atoms with Crippen LogP contribution >= 0.6 is 0 Å². The molecule has 0 aromatic heterocycles. The van der Waals surface area contributed by atoms with E-state index in [9.17, 15) is 0 Å². The largest absolute Gasteiger partial charge is 0.257 e. The Hall–Kier alpha value is -1.63. The molecule has 0 saturated heterocycles. The molecule has 0 heterocycles. The maximum absolute atomic E-state index is 4.35. The molecule has 0 radical (unpaired) electrons. The molecule has 0 saturated carbocycles. The Labute approximate surface area is 105 Å².